The van der Waals surface area contributed by atoms with Gasteiger partial charge >= 0.3 is 0 Å². The predicted octanol–water partition coefficient (Wildman–Crippen LogP) is 3.92. The molecule has 1 unspecified atom stereocenters. The van der Waals surface area contributed by atoms with Crippen molar-refractivity contribution in [2.45, 2.75) is 37.8 Å². The maximum Gasteiger partial charge on any atom is 0.0233 e. The van der Waals surface area contributed by atoms with Gasteiger partial charge in [0, 0.05) is 25.0 Å². The third kappa shape index (κ3) is 3.40. The number of hydrogen-bond acceptors (Lipinski definition) is 2. The molecule has 2 aliphatic rings. The molecule has 126 valence electrons. The second kappa shape index (κ2) is 7.08. The van der Waals surface area contributed by atoms with E-state index in [9.17, 15) is 0 Å². The van der Waals surface area contributed by atoms with Crippen LogP contribution in [0.3, 0.4) is 0 Å². The Kier molecular flexibility index (Phi) is 4.68. The van der Waals surface area contributed by atoms with Gasteiger partial charge in [-0.3, -0.25) is 4.90 Å². The maximum absolute atomic E-state index is 2.69. The molecule has 1 atom stereocenters. The number of fused-ring (bicyclic) bond motifs is 1. The molecule has 1 saturated heterocycles. The maximum atomic E-state index is 2.69. The SMILES string of the molecule is CN(Cc1ccccc1)C1CCN(CC2Cc3ccccc32)CC1. The van der Waals surface area contributed by atoms with Crippen LogP contribution in [-0.2, 0) is 13.0 Å². The van der Waals surface area contributed by atoms with Gasteiger partial charge in [-0.15, -0.1) is 0 Å². The summed E-state index contributed by atoms with van der Waals surface area (Å²) in [6.45, 7) is 4.83. The number of hydrogen-bond donors (Lipinski definition) is 0. The second-order valence-corrected chi connectivity index (χ2v) is 7.53. The third-order valence-electron chi connectivity index (χ3n) is 5.90. The summed E-state index contributed by atoms with van der Waals surface area (Å²) in [7, 11) is 2.29. The Balaban J connectivity index is 1.25. The van der Waals surface area contributed by atoms with Gasteiger partial charge in [0.15, 0.2) is 0 Å². The van der Waals surface area contributed by atoms with Crippen molar-refractivity contribution in [1.82, 2.24) is 9.80 Å². The Morgan fingerprint density at radius 2 is 1.67 bits per heavy atom. The van der Waals surface area contributed by atoms with Crippen LogP contribution in [0.25, 0.3) is 0 Å². The summed E-state index contributed by atoms with van der Waals surface area (Å²) in [5.74, 6) is 0.778. The van der Waals surface area contributed by atoms with Crippen molar-refractivity contribution >= 4 is 0 Å². The first-order valence-electron chi connectivity index (χ1n) is 9.34. The Labute approximate surface area is 146 Å². The lowest BCUT2D eigenvalue weighted by molar-refractivity contribution is 0.117. The lowest BCUT2D eigenvalue weighted by Gasteiger charge is -2.40. The number of benzene rings is 2. The average molecular weight is 320 g/mol. The first-order valence-corrected chi connectivity index (χ1v) is 9.34. The molecule has 0 bridgehead atoms. The molecule has 0 N–H and O–H groups in total. The second-order valence-electron chi connectivity index (χ2n) is 7.53. The standard InChI is InChI=1S/C22H28N2/c1-23(16-18-7-3-2-4-8-18)21-11-13-24(14-12-21)17-20-15-19-9-5-6-10-22(19)20/h2-10,20-21H,11-17H2,1H3. The molecule has 1 aliphatic heterocycles. The predicted molar refractivity (Wildman–Crippen MR) is 100 cm³/mol. The minimum absolute atomic E-state index is 0.732. The van der Waals surface area contributed by atoms with E-state index in [4.69, 9.17) is 0 Å². The Morgan fingerprint density at radius 3 is 2.42 bits per heavy atom. The lowest BCUT2D eigenvalue weighted by atomic mass is 9.77. The van der Waals surface area contributed by atoms with Gasteiger partial charge < -0.3 is 4.90 Å². The van der Waals surface area contributed by atoms with Crippen molar-refractivity contribution < 1.29 is 0 Å². The molecule has 4 rings (SSSR count). The van der Waals surface area contributed by atoms with Gasteiger partial charge in [-0.2, -0.15) is 0 Å². The van der Waals surface area contributed by atoms with Crippen LogP contribution in [0, 0.1) is 0 Å². The van der Waals surface area contributed by atoms with Crippen molar-refractivity contribution in [3.8, 4) is 0 Å². The quantitative estimate of drug-likeness (QED) is 0.824. The molecule has 1 fully saturated rings. The molecular weight excluding hydrogens is 292 g/mol. The number of nitrogens with zero attached hydrogens (tertiary/aromatic N) is 2. The minimum atomic E-state index is 0.732. The smallest absolute Gasteiger partial charge is 0.0233 e. The molecule has 0 spiro atoms. The molecule has 1 aliphatic carbocycles. The highest BCUT2D eigenvalue weighted by molar-refractivity contribution is 5.40. The van der Waals surface area contributed by atoms with E-state index in [1.165, 1.54) is 44.5 Å². The molecule has 0 aromatic heterocycles. The van der Waals surface area contributed by atoms with Gasteiger partial charge in [-0.05, 0) is 56.1 Å². The van der Waals surface area contributed by atoms with Crippen LogP contribution in [0.2, 0.25) is 0 Å². The van der Waals surface area contributed by atoms with E-state index in [-0.39, 0.29) is 0 Å². The van der Waals surface area contributed by atoms with E-state index in [1.54, 1.807) is 11.1 Å². The molecule has 0 radical (unpaired) electrons. The van der Waals surface area contributed by atoms with Gasteiger partial charge in [0.1, 0.15) is 0 Å². The zero-order valence-electron chi connectivity index (χ0n) is 14.7. The summed E-state index contributed by atoms with van der Waals surface area (Å²) in [6.07, 6.45) is 3.89. The molecule has 24 heavy (non-hydrogen) atoms. The van der Waals surface area contributed by atoms with E-state index in [2.05, 4.69) is 71.4 Å². The van der Waals surface area contributed by atoms with Crippen molar-refractivity contribution in [2.75, 3.05) is 26.7 Å². The highest BCUT2D eigenvalue weighted by atomic mass is 15.2. The zero-order chi connectivity index (χ0) is 16.4. The van der Waals surface area contributed by atoms with Gasteiger partial charge in [0.25, 0.3) is 0 Å². The van der Waals surface area contributed by atoms with Crippen LogP contribution in [-0.4, -0.2) is 42.5 Å². The van der Waals surface area contributed by atoms with Gasteiger partial charge in [-0.1, -0.05) is 54.6 Å². The van der Waals surface area contributed by atoms with Crippen molar-refractivity contribution in [2.24, 2.45) is 0 Å². The van der Waals surface area contributed by atoms with Gasteiger partial charge in [0.05, 0.1) is 0 Å². The van der Waals surface area contributed by atoms with Crippen LogP contribution in [0.5, 0.6) is 0 Å². The normalized spacial score (nSPS) is 21.5. The van der Waals surface area contributed by atoms with Gasteiger partial charge in [-0.25, -0.2) is 0 Å². The fourth-order valence-corrected chi connectivity index (χ4v) is 4.38. The summed E-state index contributed by atoms with van der Waals surface area (Å²) in [5, 5.41) is 0. The first kappa shape index (κ1) is 15.9. The summed E-state index contributed by atoms with van der Waals surface area (Å²) < 4.78 is 0. The zero-order valence-corrected chi connectivity index (χ0v) is 14.7. The summed E-state index contributed by atoms with van der Waals surface area (Å²) >= 11 is 0. The molecule has 2 aromatic rings. The van der Waals surface area contributed by atoms with Crippen LogP contribution in [0.4, 0.5) is 0 Å². The Morgan fingerprint density at radius 1 is 0.958 bits per heavy atom. The van der Waals surface area contributed by atoms with E-state index in [0.29, 0.717) is 0 Å². The fraction of sp³-hybridized carbons (Fsp3) is 0.455. The summed E-state index contributed by atoms with van der Waals surface area (Å²) in [4.78, 5) is 5.23. The Bertz CT molecular complexity index is 659. The van der Waals surface area contributed by atoms with Crippen LogP contribution >= 0.6 is 0 Å². The third-order valence-corrected chi connectivity index (χ3v) is 5.90. The first-order chi connectivity index (χ1) is 11.8. The Hall–Kier alpha value is -1.64. The molecule has 0 saturated carbocycles. The molecule has 0 amide bonds. The van der Waals surface area contributed by atoms with E-state index in [1.807, 2.05) is 0 Å². The number of likely N-dealkylation sites (tertiary alicyclic amines) is 1. The largest absolute Gasteiger partial charge is 0.303 e. The number of rotatable bonds is 5. The van der Waals surface area contributed by atoms with Crippen molar-refractivity contribution in [3.05, 3.63) is 71.3 Å². The van der Waals surface area contributed by atoms with E-state index in [0.717, 1.165) is 18.5 Å². The summed E-state index contributed by atoms with van der Waals surface area (Å²) in [5.41, 5.74) is 4.59. The summed E-state index contributed by atoms with van der Waals surface area (Å²) in [6, 6.07) is 20.6. The number of piperidine rings is 1. The fourth-order valence-electron chi connectivity index (χ4n) is 4.38. The highest BCUT2D eigenvalue weighted by Crippen LogP contribution is 2.35. The molecule has 2 heteroatoms. The van der Waals surface area contributed by atoms with Crippen molar-refractivity contribution in [3.63, 3.8) is 0 Å². The molecule has 1 heterocycles. The molecular formula is C22H28N2. The average Bonchev–Trinajstić information content (AvgIpc) is 2.61. The van der Waals surface area contributed by atoms with Crippen molar-refractivity contribution in [1.29, 1.82) is 0 Å². The monoisotopic (exact) mass is 320 g/mol. The molecule has 2 aromatic carbocycles. The minimum Gasteiger partial charge on any atom is -0.303 e. The van der Waals surface area contributed by atoms with Crippen LogP contribution < -0.4 is 0 Å². The van der Waals surface area contributed by atoms with Crippen LogP contribution in [0.15, 0.2) is 54.6 Å². The van der Waals surface area contributed by atoms with Gasteiger partial charge in [0.2, 0.25) is 0 Å². The van der Waals surface area contributed by atoms with E-state index >= 15 is 0 Å². The molecule has 2 nitrogen and oxygen atoms in total. The van der Waals surface area contributed by atoms with E-state index < -0.39 is 0 Å². The topological polar surface area (TPSA) is 6.48 Å². The van der Waals surface area contributed by atoms with Crippen LogP contribution in [0.1, 0.15) is 35.4 Å². The lowest BCUT2D eigenvalue weighted by Crippen LogP contribution is -2.45. The highest BCUT2D eigenvalue weighted by Gasteiger charge is 2.29.